The Balaban J connectivity index is 1.16. The van der Waals surface area contributed by atoms with Crippen molar-refractivity contribution in [2.24, 2.45) is 0 Å². The number of ether oxygens (including phenoxy) is 1. The van der Waals surface area contributed by atoms with Crippen LogP contribution < -0.4 is 10.1 Å². The molecule has 4 aromatic rings. The molecule has 1 N–H and O–H groups in total. The van der Waals surface area contributed by atoms with Crippen molar-refractivity contribution in [2.45, 2.75) is 11.4 Å². The van der Waals surface area contributed by atoms with E-state index in [0.717, 1.165) is 5.56 Å². The van der Waals surface area contributed by atoms with Gasteiger partial charge in [0.05, 0.1) is 10.6 Å². The van der Waals surface area contributed by atoms with Crippen molar-refractivity contribution in [3.63, 3.8) is 0 Å². The number of benzene rings is 4. The van der Waals surface area contributed by atoms with Crippen LogP contribution in [0.3, 0.4) is 0 Å². The fourth-order valence-electron chi connectivity index (χ4n) is 4.36. The molecule has 194 valence electrons. The third-order valence-corrected chi connectivity index (χ3v) is 8.35. The van der Waals surface area contributed by atoms with Gasteiger partial charge in [-0.05, 0) is 54.1 Å². The summed E-state index contributed by atoms with van der Waals surface area (Å²) >= 11 is 0. The zero-order valence-corrected chi connectivity index (χ0v) is 21.7. The molecule has 0 aromatic heterocycles. The number of sulfonamides is 1. The molecule has 1 aliphatic rings. The average molecular weight is 528 g/mol. The number of carbonyl (C=O) groups is 1. The fourth-order valence-corrected chi connectivity index (χ4v) is 5.80. The third-order valence-electron chi connectivity index (χ3n) is 6.44. The second-order valence-corrected chi connectivity index (χ2v) is 11.0. The summed E-state index contributed by atoms with van der Waals surface area (Å²) in [6, 6.07) is 32.8. The summed E-state index contributed by atoms with van der Waals surface area (Å²) in [6.45, 7) is 2.87. The highest BCUT2D eigenvalue weighted by molar-refractivity contribution is 7.89. The van der Waals surface area contributed by atoms with Gasteiger partial charge in [0, 0.05) is 38.3 Å². The minimum Gasteiger partial charge on any atom is -0.455 e. The van der Waals surface area contributed by atoms with Crippen LogP contribution in [0.4, 0.5) is 5.69 Å². The van der Waals surface area contributed by atoms with Crippen LogP contribution in [0.25, 0.3) is 0 Å². The highest BCUT2D eigenvalue weighted by Crippen LogP contribution is 2.29. The number of nitrogens with one attached hydrogen (secondary N) is 1. The Morgan fingerprint density at radius 1 is 0.737 bits per heavy atom. The van der Waals surface area contributed by atoms with Crippen LogP contribution in [0.5, 0.6) is 11.5 Å². The monoisotopic (exact) mass is 527 g/mol. The SMILES string of the molecule is O=C(Nc1ccccc1Oc1ccccc1)c1ccc(CN2CCN(S(=O)(=O)c3ccccc3)CC2)cc1. The largest absolute Gasteiger partial charge is 0.455 e. The van der Waals surface area contributed by atoms with Crippen LogP contribution in [-0.4, -0.2) is 49.7 Å². The van der Waals surface area contributed by atoms with E-state index in [0.29, 0.717) is 60.4 Å². The van der Waals surface area contributed by atoms with Crippen molar-refractivity contribution >= 4 is 21.6 Å². The number of nitrogens with zero attached hydrogens (tertiary/aromatic N) is 2. The van der Waals surface area contributed by atoms with Gasteiger partial charge in [0.25, 0.3) is 5.91 Å². The summed E-state index contributed by atoms with van der Waals surface area (Å²) in [5.41, 5.74) is 2.20. The predicted molar refractivity (Wildman–Crippen MR) is 148 cm³/mol. The van der Waals surface area contributed by atoms with E-state index in [4.69, 9.17) is 4.74 Å². The second-order valence-electron chi connectivity index (χ2n) is 9.06. The van der Waals surface area contributed by atoms with Gasteiger partial charge in [-0.25, -0.2) is 8.42 Å². The van der Waals surface area contributed by atoms with Crippen molar-refractivity contribution in [1.29, 1.82) is 0 Å². The predicted octanol–water partition coefficient (Wildman–Crippen LogP) is 5.24. The average Bonchev–Trinajstić information content (AvgIpc) is 2.96. The van der Waals surface area contributed by atoms with E-state index >= 15 is 0 Å². The van der Waals surface area contributed by atoms with E-state index in [9.17, 15) is 13.2 Å². The van der Waals surface area contributed by atoms with Gasteiger partial charge < -0.3 is 10.1 Å². The van der Waals surface area contributed by atoms with Gasteiger partial charge in [0.2, 0.25) is 10.0 Å². The lowest BCUT2D eigenvalue weighted by Crippen LogP contribution is -2.48. The van der Waals surface area contributed by atoms with E-state index in [1.165, 1.54) is 0 Å². The summed E-state index contributed by atoms with van der Waals surface area (Å²) in [7, 11) is -3.47. The van der Waals surface area contributed by atoms with Crippen molar-refractivity contribution < 1.29 is 17.9 Å². The maximum Gasteiger partial charge on any atom is 0.255 e. The van der Waals surface area contributed by atoms with Gasteiger partial charge in [-0.3, -0.25) is 9.69 Å². The van der Waals surface area contributed by atoms with Crippen molar-refractivity contribution in [1.82, 2.24) is 9.21 Å². The van der Waals surface area contributed by atoms with E-state index in [1.807, 2.05) is 72.8 Å². The topological polar surface area (TPSA) is 79.0 Å². The smallest absolute Gasteiger partial charge is 0.255 e. The minimum absolute atomic E-state index is 0.222. The van der Waals surface area contributed by atoms with E-state index in [1.54, 1.807) is 40.7 Å². The van der Waals surface area contributed by atoms with Gasteiger partial charge in [-0.2, -0.15) is 4.31 Å². The third kappa shape index (κ3) is 6.11. The quantitative estimate of drug-likeness (QED) is 0.339. The molecule has 0 saturated carbocycles. The summed E-state index contributed by atoms with van der Waals surface area (Å²) in [5, 5.41) is 2.94. The summed E-state index contributed by atoms with van der Waals surface area (Å²) in [6.07, 6.45) is 0. The molecular weight excluding hydrogens is 498 g/mol. The standard InChI is InChI=1S/C30H29N3O4S/c34-30(31-28-13-7-8-14-29(28)37-26-9-3-1-4-10-26)25-17-15-24(16-18-25)23-32-19-21-33(22-20-32)38(35,36)27-11-5-2-6-12-27/h1-18H,19-23H2,(H,31,34). The number of hydrogen-bond acceptors (Lipinski definition) is 5. The Labute approximate surface area is 223 Å². The van der Waals surface area contributed by atoms with Crippen LogP contribution in [0, 0.1) is 0 Å². The molecule has 0 atom stereocenters. The number of rotatable bonds is 8. The van der Waals surface area contributed by atoms with Crippen LogP contribution >= 0.6 is 0 Å². The number of para-hydroxylation sites is 3. The molecule has 0 radical (unpaired) electrons. The van der Waals surface area contributed by atoms with Gasteiger partial charge in [0.1, 0.15) is 5.75 Å². The summed E-state index contributed by atoms with van der Waals surface area (Å²) < 4.78 is 33.2. The highest BCUT2D eigenvalue weighted by atomic mass is 32.2. The molecule has 5 rings (SSSR count). The molecule has 0 unspecified atom stereocenters. The van der Waals surface area contributed by atoms with Crippen LogP contribution in [0.15, 0.2) is 114 Å². The molecule has 1 fully saturated rings. The first-order chi connectivity index (χ1) is 18.5. The molecule has 1 heterocycles. The van der Waals surface area contributed by atoms with Crippen LogP contribution in [0.1, 0.15) is 15.9 Å². The Bertz CT molecular complexity index is 1470. The normalized spacial score (nSPS) is 14.6. The fraction of sp³-hybridized carbons (Fsp3) is 0.167. The number of hydrogen-bond donors (Lipinski definition) is 1. The molecule has 7 nitrogen and oxygen atoms in total. The molecule has 0 aliphatic carbocycles. The second kappa shape index (κ2) is 11.6. The van der Waals surface area contributed by atoms with Gasteiger partial charge in [-0.1, -0.05) is 60.7 Å². The molecule has 8 heteroatoms. The first kappa shape index (κ1) is 25.7. The number of piperazine rings is 1. The summed E-state index contributed by atoms with van der Waals surface area (Å²) in [5.74, 6) is 1.04. The Morgan fingerprint density at radius 3 is 2.03 bits per heavy atom. The number of carbonyl (C=O) groups excluding carboxylic acids is 1. The zero-order valence-electron chi connectivity index (χ0n) is 20.9. The Kier molecular flexibility index (Phi) is 7.83. The van der Waals surface area contributed by atoms with Gasteiger partial charge in [0.15, 0.2) is 5.75 Å². The Hall–Kier alpha value is -3.98. The van der Waals surface area contributed by atoms with Gasteiger partial charge >= 0.3 is 0 Å². The minimum atomic E-state index is -3.47. The molecule has 4 aromatic carbocycles. The Morgan fingerprint density at radius 2 is 1.34 bits per heavy atom. The molecule has 1 aliphatic heterocycles. The molecule has 0 spiro atoms. The van der Waals surface area contributed by atoms with Crippen molar-refractivity contribution in [3.05, 3.63) is 120 Å². The lowest BCUT2D eigenvalue weighted by molar-refractivity contribution is 0.102. The lowest BCUT2D eigenvalue weighted by atomic mass is 10.1. The van der Waals surface area contributed by atoms with Crippen LogP contribution in [0.2, 0.25) is 0 Å². The summed E-state index contributed by atoms with van der Waals surface area (Å²) in [4.78, 5) is 15.5. The van der Waals surface area contributed by atoms with Crippen LogP contribution in [-0.2, 0) is 16.6 Å². The first-order valence-electron chi connectivity index (χ1n) is 12.5. The van der Waals surface area contributed by atoms with E-state index in [2.05, 4.69) is 10.2 Å². The number of amides is 1. The molecule has 0 bridgehead atoms. The van der Waals surface area contributed by atoms with Gasteiger partial charge in [-0.15, -0.1) is 0 Å². The molecule has 1 saturated heterocycles. The van der Waals surface area contributed by atoms with E-state index < -0.39 is 10.0 Å². The lowest BCUT2D eigenvalue weighted by Gasteiger charge is -2.34. The highest BCUT2D eigenvalue weighted by Gasteiger charge is 2.28. The zero-order chi connectivity index (χ0) is 26.4. The molecule has 38 heavy (non-hydrogen) atoms. The van der Waals surface area contributed by atoms with Crippen molar-refractivity contribution in [2.75, 3.05) is 31.5 Å². The van der Waals surface area contributed by atoms with Crippen molar-refractivity contribution in [3.8, 4) is 11.5 Å². The maximum atomic E-state index is 12.9. The first-order valence-corrected chi connectivity index (χ1v) is 13.9. The molecular formula is C30H29N3O4S. The number of anilines is 1. The van der Waals surface area contributed by atoms with E-state index in [-0.39, 0.29) is 5.91 Å². The molecule has 1 amide bonds. The maximum absolute atomic E-state index is 12.9.